The Labute approximate surface area is 147 Å². The monoisotopic (exact) mass is 349 g/mol. The fourth-order valence-corrected chi connectivity index (χ4v) is 2.10. The standard InChI is InChI=1S/C18H19NO4.ClH/c1-22-16-6-5-15(13-17(16)23-2)4-3-14-7-10-19(11-8-14)12-9-18(20)21;/h3-8,10-11,13H,9,12H2,1-2H3;1H/b4-3-;. The van der Waals surface area contributed by atoms with Gasteiger partial charge >= 0.3 is 5.97 Å². The normalized spacial score (nSPS) is 10.2. The van der Waals surface area contributed by atoms with E-state index >= 15 is 0 Å². The van der Waals surface area contributed by atoms with Crippen LogP contribution < -0.4 is 26.4 Å². The fraction of sp³-hybridized carbons (Fsp3) is 0.222. The van der Waals surface area contributed by atoms with Gasteiger partial charge in [0, 0.05) is 12.1 Å². The number of carboxylic acid groups (broad SMARTS) is 1. The second-order valence-corrected chi connectivity index (χ2v) is 4.96. The Bertz CT molecular complexity index is 699. The maximum atomic E-state index is 10.6. The van der Waals surface area contributed by atoms with Gasteiger partial charge in [-0.15, -0.1) is 0 Å². The molecule has 0 unspecified atom stereocenters. The van der Waals surface area contributed by atoms with Crippen LogP contribution in [0.1, 0.15) is 17.5 Å². The van der Waals surface area contributed by atoms with E-state index in [1.165, 1.54) is 0 Å². The van der Waals surface area contributed by atoms with Gasteiger partial charge in [0.05, 0.1) is 14.2 Å². The Balaban J connectivity index is 0.00000288. The van der Waals surface area contributed by atoms with Crippen LogP contribution in [0.5, 0.6) is 11.5 Å². The molecule has 0 radical (unpaired) electrons. The Morgan fingerprint density at radius 1 is 1.04 bits per heavy atom. The lowest BCUT2D eigenvalue weighted by Gasteiger charge is -2.07. The van der Waals surface area contributed by atoms with Crippen molar-refractivity contribution in [1.82, 2.24) is 0 Å². The molecular formula is C18H20ClNO4. The lowest BCUT2D eigenvalue weighted by Crippen LogP contribution is -3.00. The van der Waals surface area contributed by atoms with Gasteiger partial charge < -0.3 is 27.0 Å². The zero-order chi connectivity index (χ0) is 16.7. The molecule has 128 valence electrons. The first-order valence-electron chi connectivity index (χ1n) is 7.23. The van der Waals surface area contributed by atoms with Crippen molar-refractivity contribution in [3.63, 3.8) is 0 Å². The highest BCUT2D eigenvalue weighted by molar-refractivity contribution is 5.70. The number of carboxylic acids is 1. The predicted octanol–water partition coefficient (Wildman–Crippen LogP) is -0.360. The van der Waals surface area contributed by atoms with E-state index in [2.05, 4.69) is 0 Å². The number of rotatable bonds is 7. The number of nitrogens with zero attached hydrogens (tertiary/aromatic N) is 1. The highest BCUT2D eigenvalue weighted by Gasteiger charge is 2.04. The molecular weight excluding hydrogens is 330 g/mol. The molecule has 1 aromatic carbocycles. The summed E-state index contributed by atoms with van der Waals surface area (Å²) in [6.45, 7) is 0.467. The van der Waals surface area contributed by atoms with Crippen molar-refractivity contribution in [2.24, 2.45) is 0 Å². The zero-order valence-corrected chi connectivity index (χ0v) is 14.4. The van der Waals surface area contributed by atoms with Crippen molar-refractivity contribution in [2.45, 2.75) is 13.0 Å². The molecule has 1 heterocycles. The van der Waals surface area contributed by atoms with Crippen LogP contribution in [0.2, 0.25) is 0 Å². The molecule has 0 aliphatic carbocycles. The van der Waals surface area contributed by atoms with Crippen molar-refractivity contribution >= 4 is 18.1 Å². The Morgan fingerprint density at radius 3 is 2.25 bits per heavy atom. The summed E-state index contributed by atoms with van der Waals surface area (Å²) in [7, 11) is 3.22. The van der Waals surface area contributed by atoms with Gasteiger partial charge in [-0.25, -0.2) is 4.57 Å². The average Bonchev–Trinajstić information content (AvgIpc) is 2.58. The fourth-order valence-electron chi connectivity index (χ4n) is 2.10. The van der Waals surface area contributed by atoms with E-state index in [0.717, 1.165) is 11.1 Å². The number of hydrogen-bond donors (Lipinski definition) is 1. The summed E-state index contributed by atoms with van der Waals surface area (Å²) >= 11 is 0. The molecule has 5 nitrogen and oxygen atoms in total. The molecule has 1 aromatic heterocycles. The van der Waals surface area contributed by atoms with Gasteiger partial charge in [0.25, 0.3) is 0 Å². The molecule has 0 bridgehead atoms. The van der Waals surface area contributed by atoms with Crippen LogP contribution in [0.3, 0.4) is 0 Å². The van der Waals surface area contributed by atoms with E-state index in [0.29, 0.717) is 18.0 Å². The average molecular weight is 350 g/mol. The molecule has 0 saturated carbocycles. The lowest BCUT2D eigenvalue weighted by atomic mass is 10.1. The summed E-state index contributed by atoms with van der Waals surface area (Å²) in [6.07, 6.45) is 7.83. The minimum absolute atomic E-state index is 0. The molecule has 0 atom stereocenters. The maximum Gasteiger partial charge on any atom is 0.309 e. The molecule has 0 amide bonds. The molecule has 0 aliphatic heterocycles. The van der Waals surface area contributed by atoms with E-state index in [9.17, 15) is 4.79 Å². The van der Waals surface area contributed by atoms with Crippen LogP contribution in [0.15, 0.2) is 42.7 Å². The summed E-state index contributed by atoms with van der Waals surface area (Å²) < 4.78 is 12.3. The van der Waals surface area contributed by atoms with E-state index in [4.69, 9.17) is 14.6 Å². The van der Waals surface area contributed by atoms with Crippen molar-refractivity contribution in [1.29, 1.82) is 0 Å². The van der Waals surface area contributed by atoms with Crippen molar-refractivity contribution in [3.05, 3.63) is 53.9 Å². The Morgan fingerprint density at radius 2 is 1.67 bits per heavy atom. The largest absolute Gasteiger partial charge is 1.00 e. The van der Waals surface area contributed by atoms with Crippen LogP contribution in [0.25, 0.3) is 12.2 Å². The van der Waals surface area contributed by atoms with E-state index < -0.39 is 5.97 Å². The van der Waals surface area contributed by atoms with E-state index in [1.807, 2.05) is 59.4 Å². The highest BCUT2D eigenvalue weighted by atomic mass is 35.5. The number of ether oxygens (including phenoxy) is 2. The topological polar surface area (TPSA) is 59.6 Å². The van der Waals surface area contributed by atoms with Crippen LogP contribution >= 0.6 is 0 Å². The molecule has 2 rings (SSSR count). The molecule has 2 aromatic rings. The molecule has 24 heavy (non-hydrogen) atoms. The maximum absolute atomic E-state index is 10.6. The third-order valence-corrected chi connectivity index (χ3v) is 3.38. The Hall–Kier alpha value is -2.53. The number of hydrogen-bond acceptors (Lipinski definition) is 3. The van der Waals surface area contributed by atoms with Gasteiger partial charge in [-0.3, -0.25) is 4.79 Å². The summed E-state index contributed by atoms with van der Waals surface area (Å²) in [5.74, 6) is 0.591. The van der Waals surface area contributed by atoms with Crippen molar-refractivity contribution in [3.8, 4) is 11.5 Å². The summed E-state index contributed by atoms with van der Waals surface area (Å²) in [5.41, 5.74) is 2.04. The van der Waals surface area contributed by atoms with Gasteiger partial charge in [0.15, 0.2) is 30.4 Å². The second kappa shape index (κ2) is 9.57. The summed E-state index contributed by atoms with van der Waals surface area (Å²) in [6, 6.07) is 9.61. The lowest BCUT2D eigenvalue weighted by molar-refractivity contribution is -0.696. The van der Waals surface area contributed by atoms with E-state index in [-0.39, 0.29) is 18.8 Å². The summed E-state index contributed by atoms with van der Waals surface area (Å²) in [4.78, 5) is 10.6. The first-order valence-corrected chi connectivity index (χ1v) is 7.23. The number of halogens is 1. The van der Waals surface area contributed by atoms with Crippen molar-refractivity contribution in [2.75, 3.05) is 14.2 Å². The van der Waals surface area contributed by atoms with Crippen LogP contribution in [0.4, 0.5) is 0 Å². The smallest absolute Gasteiger partial charge is 0.309 e. The van der Waals surface area contributed by atoms with Crippen LogP contribution in [0, 0.1) is 0 Å². The third kappa shape index (κ3) is 5.59. The minimum atomic E-state index is -0.796. The zero-order valence-electron chi connectivity index (χ0n) is 13.6. The predicted molar refractivity (Wildman–Crippen MR) is 87.4 cm³/mol. The third-order valence-electron chi connectivity index (χ3n) is 3.38. The van der Waals surface area contributed by atoms with Gasteiger partial charge in [0.2, 0.25) is 0 Å². The second-order valence-electron chi connectivity index (χ2n) is 4.96. The van der Waals surface area contributed by atoms with Gasteiger partial charge in [-0.2, -0.15) is 0 Å². The number of aryl methyl sites for hydroxylation is 1. The number of aliphatic carboxylic acids is 1. The van der Waals surface area contributed by atoms with Gasteiger partial charge in [0.1, 0.15) is 6.42 Å². The first-order chi connectivity index (χ1) is 11.1. The number of pyridine rings is 1. The molecule has 0 saturated heterocycles. The van der Waals surface area contributed by atoms with Crippen molar-refractivity contribution < 1.29 is 36.3 Å². The highest BCUT2D eigenvalue weighted by Crippen LogP contribution is 2.28. The minimum Gasteiger partial charge on any atom is -1.00 e. The van der Waals surface area contributed by atoms with Gasteiger partial charge in [-0.05, 0) is 23.3 Å². The SMILES string of the molecule is COc1ccc(/C=C\c2cc[n+](CCC(=O)O)cc2)cc1OC.[Cl-]. The molecule has 0 aliphatic rings. The molecule has 0 fully saturated rings. The molecule has 0 spiro atoms. The van der Waals surface area contributed by atoms with E-state index in [1.54, 1.807) is 14.2 Å². The number of aromatic nitrogens is 1. The number of carbonyl (C=O) groups is 1. The van der Waals surface area contributed by atoms with Gasteiger partial charge in [-0.1, -0.05) is 18.2 Å². The molecule has 6 heteroatoms. The Kier molecular flexibility index (Phi) is 7.79. The van der Waals surface area contributed by atoms with Crippen LogP contribution in [-0.4, -0.2) is 25.3 Å². The molecule has 1 N–H and O–H groups in total. The van der Waals surface area contributed by atoms with Crippen LogP contribution in [-0.2, 0) is 11.3 Å². The summed E-state index contributed by atoms with van der Waals surface area (Å²) in [5, 5.41) is 8.68. The quantitative estimate of drug-likeness (QED) is 0.694. The number of methoxy groups -OCH3 is 2. The first kappa shape index (κ1) is 19.5. The number of benzene rings is 1.